The number of esters is 1. The Morgan fingerprint density at radius 3 is 2.24 bits per heavy atom. The number of piperidine rings is 1. The number of methoxy groups -OCH3 is 3. The van der Waals surface area contributed by atoms with Gasteiger partial charge < -0.3 is 48.4 Å². The van der Waals surface area contributed by atoms with E-state index >= 15 is 0 Å². The summed E-state index contributed by atoms with van der Waals surface area (Å²) >= 11 is 0. The van der Waals surface area contributed by atoms with Gasteiger partial charge in [-0.3, -0.25) is 23.7 Å². The van der Waals surface area contributed by atoms with Crippen molar-refractivity contribution in [2.75, 3.05) is 47.8 Å². The SMILES string of the molecule is CO[C@H]1C[C@@H]2CC[C@@H](C)[C@@](O)(O2)C(=O)C(=O)N2CCCC[C@H]2C(=O)O[C@H]([C@H](C)C[C@@H]2CC[C@@H](OP(C)(C)=O)[C@H](OC)C2)CC(=O)[C@H](C)/C=C(\C)[C@@H](O)[C@@H](OC)C(=O)[C@H](C)C[C@H](C)/C=C/C=C/C=C/1CO. The maximum absolute atomic E-state index is 14.5. The van der Waals surface area contributed by atoms with Gasteiger partial charge in [0.1, 0.15) is 30.1 Å². The quantitative estimate of drug-likeness (QED) is 0.0945. The molecule has 17 heteroatoms. The largest absolute Gasteiger partial charge is 0.460 e. The summed E-state index contributed by atoms with van der Waals surface area (Å²) in [4.78, 5) is 72.2. The molecule has 4 aliphatic rings. The number of allylic oxidation sites excluding steroid dienone is 6. The van der Waals surface area contributed by atoms with Gasteiger partial charge in [0.25, 0.3) is 11.7 Å². The first-order valence-electron chi connectivity index (χ1n) is 25.3. The Kier molecular flexibility index (Phi) is 23.1. The molecule has 396 valence electrons. The summed E-state index contributed by atoms with van der Waals surface area (Å²) in [6.45, 7) is 13.5. The first kappa shape index (κ1) is 59.4. The molecule has 2 saturated heterocycles. The van der Waals surface area contributed by atoms with Crippen LogP contribution in [0.5, 0.6) is 0 Å². The molecular formula is C53H84NO15P. The van der Waals surface area contributed by atoms with E-state index in [1.165, 1.54) is 14.2 Å². The van der Waals surface area contributed by atoms with Crippen molar-refractivity contribution in [1.82, 2.24) is 4.90 Å². The maximum Gasteiger partial charge on any atom is 0.329 e. The fraction of sp³-hybridized carbons (Fsp3) is 0.755. The van der Waals surface area contributed by atoms with Gasteiger partial charge in [0.05, 0.1) is 31.0 Å². The predicted octanol–water partition coefficient (Wildman–Crippen LogP) is 6.72. The summed E-state index contributed by atoms with van der Waals surface area (Å²) in [5.41, 5.74) is 0.882. The Hall–Kier alpha value is -3.18. The number of ketones is 3. The molecule has 15 atom stereocenters. The van der Waals surface area contributed by atoms with Gasteiger partial charge in [-0.2, -0.15) is 0 Å². The minimum absolute atomic E-state index is 0.0381. The van der Waals surface area contributed by atoms with Crippen LogP contribution in [0.1, 0.15) is 119 Å². The van der Waals surface area contributed by atoms with Crippen LogP contribution in [0.15, 0.2) is 47.6 Å². The van der Waals surface area contributed by atoms with Crippen molar-refractivity contribution >= 4 is 36.6 Å². The van der Waals surface area contributed by atoms with Gasteiger partial charge in [-0.05, 0) is 100 Å². The van der Waals surface area contributed by atoms with Crippen molar-refractivity contribution < 1.29 is 72.1 Å². The van der Waals surface area contributed by atoms with Gasteiger partial charge in [-0.1, -0.05) is 71.1 Å². The standard InChI is InChI=1S/C53H84NO15P/c1-32-17-13-12-14-18-39(31-55)45(64-7)29-40-22-20-37(6)53(62,68-40)50(59)51(60)54-24-16-15-19-41(54)52(61)67-44(34(3)27-38-21-23-43(46(28-38)65-8)69-70(10,11)63)30-42(56)33(2)26-36(5)48(58)49(66-9)47(57)35(4)25-32/h12-14,17-18,26,32-35,37-38,40-41,43-46,48-49,55,58,62H,15-16,19-25,27-31H2,1-11H3/b14-12+,17-13+,36-26+,39-18+/t32-,33-,34-,35-,37-,38+,40+,41+,43-,44+,45+,46-,48-,49+,53-/m1/s1. The van der Waals surface area contributed by atoms with Crippen LogP contribution in [-0.4, -0.2) is 152 Å². The van der Waals surface area contributed by atoms with Crippen molar-refractivity contribution in [3.05, 3.63) is 47.6 Å². The molecule has 0 aromatic carbocycles. The van der Waals surface area contributed by atoms with Crippen LogP contribution < -0.4 is 0 Å². The summed E-state index contributed by atoms with van der Waals surface area (Å²) in [5, 5.41) is 33.8. The third-order valence-electron chi connectivity index (χ3n) is 14.9. The summed E-state index contributed by atoms with van der Waals surface area (Å²) in [7, 11) is 1.64. The van der Waals surface area contributed by atoms with Gasteiger partial charge in [-0.25, -0.2) is 4.79 Å². The van der Waals surface area contributed by atoms with Crippen LogP contribution in [0, 0.1) is 35.5 Å². The molecule has 1 saturated carbocycles. The van der Waals surface area contributed by atoms with Crippen LogP contribution in [-0.2, 0) is 56.7 Å². The van der Waals surface area contributed by atoms with Gasteiger partial charge in [0, 0.05) is 71.8 Å². The number of amides is 1. The number of rotatable bonds is 9. The van der Waals surface area contributed by atoms with E-state index in [0.717, 1.165) is 4.90 Å². The zero-order valence-corrected chi connectivity index (χ0v) is 44.5. The third-order valence-corrected chi connectivity index (χ3v) is 15.7. The number of hydrogen-bond donors (Lipinski definition) is 3. The van der Waals surface area contributed by atoms with Gasteiger partial charge in [-0.15, -0.1) is 0 Å². The number of ether oxygens (including phenoxy) is 5. The summed E-state index contributed by atoms with van der Waals surface area (Å²) < 4.78 is 48.1. The molecule has 4 rings (SSSR count). The molecule has 70 heavy (non-hydrogen) atoms. The molecule has 3 N–H and O–H groups in total. The average Bonchev–Trinajstić information content (AvgIpc) is 3.32. The first-order chi connectivity index (χ1) is 33.0. The molecule has 3 aliphatic heterocycles. The van der Waals surface area contributed by atoms with E-state index in [0.29, 0.717) is 68.9 Å². The normalized spacial score (nSPS) is 38.6. The minimum atomic E-state index is -2.80. The number of fused-ring (bicyclic) bond motifs is 3. The number of aliphatic hydroxyl groups excluding tert-OH is 2. The predicted molar refractivity (Wildman–Crippen MR) is 265 cm³/mol. The molecule has 0 aromatic heterocycles. The third kappa shape index (κ3) is 16.2. The highest BCUT2D eigenvalue weighted by Gasteiger charge is 2.53. The van der Waals surface area contributed by atoms with Crippen LogP contribution in [0.4, 0.5) is 0 Å². The van der Waals surface area contributed by atoms with Crippen LogP contribution in [0.3, 0.4) is 0 Å². The Morgan fingerprint density at radius 1 is 0.886 bits per heavy atom. The zero-order chi connectivity index (χ0) is 52.1. The number of hydrogen-bond acceptors (Lipinski definition) is 15. The molecule has 3 fully saturated rings. The first-order valence-corrected chi connectivity index (χ1v) is 27.9. The molecule has 16 nitrogen and oxygen atoms in total. The van der Waals surface area contributed by atoms with Crippen LogP contribution >= 0.6 is 7.37 Å². The van der Waals surface area contributed by atoms with Crippen molar-refractivity contribution in [3.8, 4) is 0 Å². The lowest BCUT2D eigenvalue weighted by molar-refractivity contribution is -0.265. The van der Waals surface area contributed by atoms with Crippen LogP contribution in [0.2, 0.25) is 0 Å². The number of nitrogens with zero attached hydrogens (tertiary/aromatic N) is 1. The molecule has 0 radical (unpaired) electrons. The highest BCUT2D eigenvalue weighted by atomic mass is 31.2. The zero-order valence-electron chi connectivity index (χ0n) is 43.6. The lowest BCUT2D eigenvalue weighted by Crippen LogP contribution is -2.61. The number of Topliss-reactive ketones (excluding diaryl/α,β-unsaturated/α-hetero) is 3. The lowest BCUT2D eigenvalue weighted by Gasteiger charge is -2.42. The number of aliphatic hydroxyl groups is 3. The molecule has 1 amide bonds. The second-order valence-electron chi connectivity index (χ2n) is 20.9. The molecule has 0 spiro atoms. The van der Waals surface area contributed by atoms with Gasteiger partial charge >= 0.3 is 5.97 Å². The smallest absolute Gasteiger partial charge is 0.329 e. The average molecular weight is 1010 g/mol. The molecule has 3 heterocycles. The molecule has 1 aliphatic carbocycles. The highest BCUT2D eigenvalue weighted by molar-refractivity contribution is 7.57. The monoisotopic (exact) mass is 1010 g/mol. The van der Waals surface area contributed by atoms with E-state index in [1.54, 1.807) is 72.4 Å². The fourth-order valence-corrected chi connectivity index (χ4v) is 11.5. The summed E-state index contributed by atoms with van der Waals surface area (Å²) in [5.74, 6) is -8.49. The van der Waals surface area contributed by atoms with E-state index in [-0.39, 0.29) is 73.9 Å². The Balaban J connectivity index is 1.71. The topological polar surface area (TPSA) is 222 Å². The van der Waals surface area contributed by atoms with Gasteiger partial charge in [0.15, 0.2) is 13.2 Å². The maximum atomic E-state index is 14.5. The summed E-state index contributed by atoms with van der Waals surface area (Å²) in [6.07, 6.45) is 9.93. The van der Waals surface area contributed by atoms with Crippen molar-refractivity contribution in [2.24, 2.45) is 35.5 Å². The second-order valence-corrected chi connectivity index (χ2v) is 23.6. The van der Waals surface area contributed by atoms with E-state index in [1.807, 2.05) is 26.0 Å². The highest BCUT2D eigenvalue weighted by Crippen LogP contribution is 2.45. The Bertz CT molecular complexity index is 1960. The molecule has 0 unspecified atom stereocenters. The second kappa shape index (κ2) is 27.2. The molecular weight excluding hydrogens is 922 g/mol. The number of carbonyl (C=O) groups is 5. The number of carbonyl (C=O) groups excluding carboxylic acids is 5. The molecule has 0 aromatic rings. The Morgan fingerprint density at radius 2 is 1.60 bits per heavy atom. The molecule has 2 bridgehead atoms. The van der Waals surface area contributed by atoms with Crippen molar-refractivity contribution in [1.29, 1.82) is 0 Å². The van der Waals surface area contributed by atoms with Crippen LogP contribution in [0.25, 0.3) is 0 Å². The van der Waals surface area contributed by atoms with E-state index in [9.17, 15) is 43.9 Å². The summed E-state index contributed by atoms with van der Waals surface area (Å²) in [6, 6.07) is -1.18. The van der Waals surface area contributed by atoms with Gasteiger partial charge in [0.2, 0.25) is 5.79 Å². The Labute approximate surface area is 416 Å². The van der Waals surface area contributed by atoms with E-state index < -0.39 is 85.1 Å². The minimum Gasteiger partial charge on any atom is -0.460 e. The van der Waals surface area contributed by atoms with Crippen molar-refractivity contribution in [2.45, 2.75) is 173 Å². The number of cyclic esters (lactones) is 1. The van der Waals surface area contributed by atoms with E-state index in [4.69, 9.17) is 28.2 Å². The fourth-order valence-electron chi connectivity index (χ4n) is 10.6. The van der Waals surface area contributed by atoms with Crippen molar-refractivity contribution in [3.63, 3.8) is 0 Å². The lowest BCUT2D eigenvalue weighted by atomic mass is 9.78. The van der Waals surface area contributed by atoms with E-state index in [2.05, 4.69) is 0 Å².